The van der Waals surface area contributed by atoms with Crippen LogP contribution in [0, 0.1) is 0 Å². The number of rotatable bonds is 4. The lowest BCUT2D eigenvalue weighted by atomic mass is 10.2. The Balaban J connectivity index is 1.74. The lowest BCUT2D eigenvalue weighted by Gasteiger charge is -2.30. The van der Waals surface area contributed by atoms with Gasteiger partial charge in [-0.15, -0.1) is 11.3 Å². The molecule has 0 bridgehead atoms. The van der Waals surface area contributed by atoms with E-state index >= 15 is 0 Å². The Bertz CT molecular complexity index is 876. The molecule has 6 nitrogen and oxygen atoms in total. The Morgan fingerprint density at radius 2 is 2.23 bits per heavy atom. The molecule has 0 spiro atoms. The first-order valence-corrected chi connectivity index (χ1v) is 11.9. The highest BCUT2D eigenvalue weighted by Crippen LogP contribution is 2.35. The van der Waals surface area contributed by atoms with E-state index < -0.39 is 15.9 Å². The molecule has 2 atom stereocenters. The van der Waals surface area contributed by atoms with Gasteiger partial charge in [-0.05, 0) is 30.9 Å². The van der Waals surface area contributed by atoms with E-state index in [1.54, 1.807) is 20.0 Å². The fourth-order valence-corrected chi connectivity index (χ4v) is 6.90. The first kappa shape index (κ1) is 19.5. The summed E-state index contributed by atoms with van der Waals surface area (Å²) in [5.74, 6) is -0.533. The van der Waals surface area contributed by atoms with Crippen molar-refractivity contribution in [2.45, 2.75) is 25.4 Å². The Hall–Kier alpha value is -1.23. The summed E-state index contributed by atoms with van der Waals surface area (Å²) in [7, 11) is -1.50. The van der Waals surface area contributed by atoms with E-state index in [0.29, 0.717) is 15.6 Å². The van der Waals surface area contributed by atoms with Gasteiger partial charge in [-0.2, -0.15) is 0 Å². The SMILES string of the molecule is C[C@H](C(=O)N(C)[C@@H]1CCS(=O)(=O)C1)N1C(=O)/C(=C/c2cccs2)SC1=S. The molecule has 0 unspecified atom stereocenters. The molecule has 0 aromatic carbocycles. The van der Waals surface area contributed by atoms with Crippen molar-refractivity contribution in [3.8, 4) is 0 Å². The van der Waals surface area contributed by atoms with E-state index in [-0.39, 0.29) is 29.4 Å². The van der Waals surface area contributed by atoms with Crippen molar-refractivity contribution in [1.82, 2.24) is 9.80 Å². The number of sulfone groups is 1. The van der Waals surface area contributed by atoms with Crippen molar-refractivity contribution in [1.29, 1.82) is 0 Å². The maximum absolute atomic E-state index is 12.8. The minimum Gasteiger partial charge on any atom is -0.340 e. The van der Waals surface area contributed by atoms with E-state index in [2.05, 4.69) is 0 Å². The molecule has 0 radical (unpaired) electrons. The van der Waals surface area contributed by atoms with Gasteiger partial charge in [0.2, 0.25) is 5.91 Å². The van der Waals surface area contributed by atoms with Crippen LogP contribution in [0.25, 0.3) is 6.08 Å². The topological polar surface area (TPSA) is 74.8 Å². The number of thiocarbonyl (C=S) groups is 1. The average Bonchev–Trinajstić information content (AvgIpc) is 3.27. The van der Waals surface area contributed by atoms with Crippen molar-refractivity contribution in [2.75, 3.05) is 18.6 Å². The van der Waals surface area contributed by atoms with Crippen LogP contribution in [0.2, 0.25) is 0 Å². The highest BCUT2D eigenvalue weighted by atomic mass is 32.2. The predicted octanol–water partition coefficient (Wildman–Crippen LogP) is 1.98. The zero-order valence-electron chi connectivity index (χ0n) is 14.2. The second kappa shape index (κ2) is 7.41. The van der Waals surface area contributed by atoms with E-state index in [1.807, 2.05) is 17.5 Å². The normalized spacial score (nSPS) is 25.1. The molecule has 2 aliphatic rings. The molecule has 2 aliphatic heterocycles. The minimum absolute atomic E-state index is 0.0291. The van der Waals surface area contributed by atoms with E-state index in [1.165, 1.54) is 32.9 Å². The first-order chi connectivity index (χ1) is 12.2. The van der Waals surface area contributed by atoms with Gasteiger partial charge in [-0.3, -0.25) is 14.5 Å². The Morgan fingerprint density at radius 1 is 1.50 bits per heavy atom. The monoisotopic (exact) mass is 430 g/mol. The average molecular weight is 431 g/mol. The van der Waals surface area contributed by atoms with Crippen LogP contribution in [0.1, 0.15) is 18.2 Å². The van der Waals surface area contributed by atoms with Crippen LogP contribution in [0.5, 0.6) is 0 Å². The Morgan fingerprint density at radius 3 is 2.81 bits per heavy atom. The van der Waals surface area contributed by atoms with Crippen LogP contribution in [-0.4, -0.2) is 65.0 Å². The number of hydrogen-bond acceptors (Lipinski definition) is 7. The zero-order valence-corrected chi connectivity index (χ0v) is 17.5. The molecule has 1 aromatic heterocycles. The second-order valence-electron chi connectivity index (χ2n) is 6.25. The maximum atomic E-state index is 12.8. The van der Waals surface area contributed by atoms with Gasteiger partial charge in [0.25, 0.3) is 5.91 Å². The molecular formula is C16H18N2O4S4. The fourth-order valence-electron chi connectivity index (χ4n) is 2.98. The van der Waals surface area contributed by atoms with Crippen molar-refractivity contribution in [2.24, 2.45) is 0 Å². The molecule has 2 saturated heterocycles. The fraction of sp³-hybridized carbons (Fsp3) is 0.438. The number of hydrogen-bond donors (Lipinski definition) is 0. The molecule has 1 aromatic rings. The maximum Gasteiger partial charge on any atom is 0.266 e. The number of carbonyl (C=O) groups excluding carboxylic acids is 2. The summed E-state index contributed by atoms with van der Waals surface area (Å²) in [5, 5.41) is 1.92. The lowest BCUT2D eigenvalue weighted by Crippen LogP contribution is -2.50. The molecule has 0 saturated carbocycles. The van der Waals surface area contributed by atoms with Gasteiger partial charge in [-0.1, -0.05) is 30.0 Å². The van der Waals surface area contributed by atoms with Crippen molar-refractivity contribution in [3.63, 3.8) is 0 Å². The molecule has 26 heavy (non-hydrogen) atoms. The van der Waals surface area contributed by atoms with Crippen molar-refractivity contribution >= 4 is 67.4 Å². The highest BCUT2D eigenvalue weighted by Gasteiger charge is 2.41. The summed E-state index contributed by atoms with van der Waals surface area (Å²) in [6.07, 6.45) is 2.20. The Kier molecular flexibility index (Phi) is 5.57. The third-order valence-corrected chi connectivity index (χ3v) is 8.39. The Labute approximate surface area is 166 Å². The van der Waals surface area contributed by atoms with Crippen LogP contribution in [0.3, 0.4) is 0 Å². The van der Waals surface area contributed by atoms with Gasteiger partial charge in [0.05, 0.1) is 16.4 Å². The van der Waals surface area contributed by atoms with Gasteiger partial charge in [-0.25, -0.2) is 8.42 Å². The summed E-state index contributed by atoms with van der Waals surface area (Å²) < 4.78 is 23.7. The van der Waals surface area contributed by atoms with Crippen LogP contribution < -0.4 is 0 Å². The molecule has 0 aliphatic carbocycles. The number of nitrogens with zero attached hydrogens (tertiary/aromatic N) is 2. The lowest BCUT2D eigenvalue weighted by molar-refractivity contribution is -0.139. The molecule has 2 amide bonds. The van der Waals surface area contributed by atoms with E-state index in [0.717, 1.165) is 4.88 Å². The van der Waals surface area contributed by atoms with Crippen LogP contribution in [-0.2, 0) is 19.4 Å². The van der Waals surface area contributed by atoms with Crippen molar-refractivity contribution < 1.29 is 18.0 Å². The van der Waals surface area contributed by atoms with Gasteiger partial charge in [0.1, 0.15) is 10.4 Å². The van der Waals surface area contributed by atoms with Crippen LogP contribution in [0.15, 0.2) is 22.4 Å². The largest absolute Gasteiger partial charge is 0.340 e. The summed E-state index contributed by atoms with van der Waals surface area (Å²) in [6.45, 7) is 1.63. The molecule has 3 rings (SSSR count). The molecule has 3 heterocycles. The second-order valence-corrected chi connectivity index (χ2v) is 11.1. The van der Waals surface area contributed by atoms with Gasteiger partial charge in [0.15, 0.2) is 9.84 Å². The molecule has 10 heteroatoms. The molecule has 140 valence electrons. The van der Waals surface area contributed by atoms with Gasteiger partial charge >= 0.3 is 0 Å². The summed E-state index contributed by atoms with van der Waals surface area (Å²) in [4.78, 5) is 29.7. The number of thioether (sulfide) groups is 1. The predicted molar refractivity (Wildman–Crippen MR) is 109 cm³/mol. The third kappa shape index (κ3) is 3.88. The van der Waals surface area contributed by atoms with Crippen LogP contribution in [0.4, 0.5) is 0 Å². The van der Waals surface area contributed by atoms with E-state index in [9.17, 15) is 18.0 Å². The first-order valence-electron chi connectivity index (χ1n) is 7.97. The molecule has 2 fully saturated rings. The quantitative estimate of drug-likeness (QED) is 0.537. The van der Waals surface area contributed by atoms with Crippen LogP contribution >= 0.6 is 35.3 Å². The third-order valence-electron chi connectivity index (χ3n) is 4.49. The minimum atomic E-state index is -3.09. The highest BCUT2D eigenvalue weighted by molar-refractivity contribution is 8.26. The summed E-state index contributed by atoms with van der Waals surface area (Å²) in [6, 6.07) is 2.67. The number of thiophene rings is 1. The standard InChI is InChI=1S/C16H18N2O4S4/c1-10(14(19)17(2)11-5-7-26(21,22)9-11)18-15(20)13(25-16(18)23)8-12-4-3-6-24-12/h3-4,6,8,10-11H,5,7,9H2,1-2H3/b13-8-/t10-,11-/m1/s1. The number of carbonyl (C=O) groups is 2. The summed E-state index contributed by atoms with van der Waals surface area (Å²) in [5.41, 5.74) is 0. The van der Waals surface area contributed by atoms with Gasteiger partial charge < -0.3 is 4.90 Å². The van der Waals surface area contributed by atoms with Gasteiger partial charge in [0, 0.05) is 18.0 Å². The zero-order chi connectivity index (χ0) is 19.1. The number of likely N-dealkylation sites (N-methyl/N-ethyl adjacent to an activating group) is 1. The summed E-state index contributed by atoms with van der Waals surface area (Å²) >= 11 is 8.00. The number of amides is 2. The molecular weight excluding hydrogens is 412 g/mol. The van der Waals surface area contributed by atoms with E-state index in [4.69, 9.17) is 12.2 Å². The molecule has 0 N–H and O–H groups in total. The van der Waals surface area contributed by atoms with Crippen molar-refractivity contribution in [3.05, 3.63) is 27.3 Å². The smallest absolute Gasteiger partial charge is 0.266 e.